The van der Waals surface area contributed by atoms with Crippen molar-refractivity contribution in [2.45, 2.75) is 39.8 Å². The van der Waals surface area contributed by atoms with Crippen molar-refractivity contribution < 1.29 is 5.11 Å². The molecule has 0 bridgehead atoms. The van der Waals surface area contributed by atoms with Gasteiger partial charge < -0.3 is 5.11 Å². The van der Waals surface area contributed by atoms with Crippen LogP contribution in [0.4, 0.5) is 0 Å². The summed E-state index contributed by atoms with van der Waals surface area (Å²) in [6, 6.07) is 0.428. The Balaban J connectivity index is 2.02. The third-order valence-corrected chi connectivity index (χ3v) is 4.88. The summed E-state index contributed by atoms with van der Waals surface area (Å²) < 4.78 is 1.74. The molecule has 1 aromatic heterocycles. The van der Waals surface area contributed by atoms with Crippen LogP contribution in [0.3, 0.4) is 0 Å². The SMILES string of the molecule is Cc1nn(C)c(Cl)c1CN1CCN(CC(C)C)[C@H](CCO)C1. The third kappa shape index (κ3) is 4.22. The van der Waals surface area contributed by atoms with E-state index < -0.39 is 0 Å². The van der Waals surface area contributed by atoms with Gasteiger partial charge in [-0.2, -0.15) is 5.10 Å². The molecule has 0 aromatic carbocycles. The molecule has 1 fully saturated rings. The number of nitrogens with zero attached hydrogens (tertiary/aromatic N) is 4. The molecule has 1 aliphatic heterocycles. The van der Waals surface area contributed by atoms with Crippen LogP contribution in [0.1, 0.15) is 31.5 Å². The molecule has 22 heavy (non-hydrogen) atoms. The lowest BCUT2D eigenvalue weighted by atomic mass is 10.1. The molecule has 6 heteroatoms. The van der Waals surface area contributed by atoms with Crippen molar-refractivity contribution in [1.29, 1.82) is 0 Å². The summed E-state index contributed by atoms with van der Waals surface area (Å²) in [6.07, 6.45) is 0.836. The van der Waals surface area contributed by atoms with Crippen molar-refractivity contribution in [1.82, 2.24) is 19.6 Å². The van der Waals surface area contributed by atoms with Gasteiger partial charge in [-0.1, -0.05) is 25.4 Å². The number of hydrogen-bond acceptors (Lipinski definition) is 4. The number of hydrogen-bond donors (Lipinski definition) is 1. The Bertz CT molecular complexity index is 489. The molecule has 1 aromatic rings. The summed E-state index contributed by atoms with van der Waals surface area (Å²) in [5, 5.41) is 14.5. The second-order valence-electron chi connectivity index (χ2n) is 6.77. The standard InChI is InChI=1S/C16H29ClN4O/c1-12(2)9-21-7-6-20(10-14(21)5-8-22)11-15-13(3)18-19(4)16(15)17/h12,14,22H,5-11H2,1-4H3/t14-/m1/s1. The number of rotatable bonds is 6. The van der Waals surface area contributed by atoms with E-state index in [0.29, 0.717) is 12.0 Å². The maximum Gasteiger partial charge on any atom is 0.131 e. The summed E-state index contributed by atoms with van der Waals surface area (Å²) >= 11 is 6.35. The van der Waals surface area contributed by atoms with E-state index in [9.17, 15) is 5.11 Å². The van der Waals surface area contributed by atoms with Crippen molar-refractivity contribution >= 4 is 11.6 Å². The first-order chi connectivity index (χ1) is 10.4. The number of halogens is 1. The van der Waals surface area contributed by atoms with Crippen LogP contribution in [0.15, 0.2) is 0 Å². The van der Waals surface area contributed by atoms with Gasteiger partial charge in [0.15, 0.2) is 0 Å². The molecule has 0 radical (unpaired) electrons. The molecule has 0 saturated carbocycles. The molecular formula is C16H29ClN4O. The van der Waals surface area contributed by atoms with Crippen molar-refractivity contribution in [3.8, 4) is 0 Å². The Hall–Kier alpha value is -0.620. The van der Waals surface area contributed by atoms with Gasteiger partial charge in [0, 0.05) is 58.0 Å². The van der Waals surface area contributed by atoms with Gasteiger partial charge in [-0.3, -0.25) is 14.5 Å². The second kappa shape index (κ2) is 7.77. The molecule has 0 aliphatic carbocycles. The number of aryl methyl sites for hydroxylation is 2. The van der Waals surface area contributed by atoms with Gasteiger partial charge in [0.05, 0.1) is 5.69 Å². The van der Waals surface area contributed by atoms with Crippen LogP contribution >= 0.6 is 11.6 Å². The van der Waals surface area contributed by atoms with Gasteiger partial charge >= 0.3 is 0 Å². The fourth-order valence-electron chi connectivity index (χ4n) is 3.31. The Morgan fingerprint density at radius 1 is 1.36 bits per heavy atom. The molecule has 1 N–H and O–H groups in total. The molecular weight excluding hydrogens is 300 g/mol. The highest BCUT2D eigenvalue weighted by Crippen LogP contribution is 2.23. The normalized spacial score (nSPS) is 21.0. The summed E-state index contributed by atoms with van der Waals surface area (Å²) in [5.74, 6) is 0.655. The molecule has 1 aliphatic rings. The zero-order chi connectivity index (χ0) is 16.3. The number of piperazine rings is 1. The van der Waals surface area contributed by atoms with Crippen LogP contribution in [0.5, 0.6) is 0 Å². The van der Waals surface area contributed by atoms with E-state index in [2.05, 4.69) is 28.7 Å². The number of aromatic nitrogens is 2. The second-order valence-corrected chi connectivity index (χ2v) is 7.13. The van der Waals surface area contributed by atoms with Crippen LogP contribution in [0.25, 0.3) is 0 Å². The predicted molar refractivity (Wildman–Crippen MR) is 90.1 cm³/mol. The highest BCUT2D eigenvalue weighted by molar-refractivity contribution is 6.30. The highest BCUT2D eigenvalue weighted by Gasteiger charge is 2.28. The zero-order valence-electron chi connectivity index (χ0n) is 14.2. The first-order valence-electron chi connectivity index (χ1n) is 8.17. The van der Waals surface area contributed by atoms with Crippen LogP contribution in [-0.2, 0) is 13.6 Å². The monoisotopic (exact) mass is 328 g/mol. The van der Waals surface area contributed by atoms with Gasteiger partial charge in [0.2, 0.25) is 0 Å². The number of aliphatic hydroxyl groups excluding tert-OH is 1. The van der Waals surface area contributed by atoms with E-state index in [1.807, 2.05) is 14.0 Å². The first-order valence-corrected chi connectivity index (χ1v) is 8.55. The van der Waals surface area contributed by atoms with Gasteiger partial charge in [-0.05, 0) is 19.3 Å². The summed E-state index contributed by atoms with van der Waals surface area (Å²) in [4.78, 5) is 4.96. The first kappa shape index (κ1) is 17.7. The molecule has 0 amide bonds. The minimum absolute atomic E-state index is 0.250. The van der Waals surface area contributed by atoms with Crippen LogP contribution in [-0.4, -0.2) is 63.5 Å². The molecule has 5 nitrogen and oxygen atoms in total. The largest absolute Gasteiger partial charge is 0.396 e. The number of aliphatic hydroxyl groups is 1. The Kier molecular flexibility index (Phi) is 6.26. The van der Waals surface area contributed by atoms with Crippen LogP contribution in [0, 0.1) is 12.8 Å². The lowest BCUT2D eigenvalue weighted by Crippen LogP contribution is -2.53. The predicted octanol–water partition coefficient (Wildman–Crippen LogP) is 1.91. The van der Waals surface area contributed by atoms with Crippen molar-refractivity contribution in [3.63, 3.8) is 0 Å². The lowest BCUT2D eigenvalue weighted by Gasteiger charge is -2.42. The van der Waals surface area contributed by atoms with Gasteiger partial charge in [-0.15, -0.1) is 0 Å². The average Bonchev–Trinajstić information content (AvgIpc) is 2.68. The molecule has 0 spiro atoms. The Morgan fingerprint density at radius 3 is 2.64 bits per heavy atom. The minimum Gasteiger partial charge on any atom is -0.396 e. The summed E-state index contributed by atoms with van der Waals surface area (Å²) in [7, 11) is 1.88. The molecule has 0 unspecified atom stereocenters. The van der Waals surface area contributed by atoms with Gasteiger partial charge in [-0.25, -0.2) is 0 Å². The summed E-state index contributed by atoms with van der Waals surface area (Å²) in [5.41, 5.74) is 2.14. The molecule has 126 valence electrons. The highest BCUT2D eigenvalue weighted by atomic mass is 35.5. The fraction of sp³-hybridized carbons (Fsp3) is 0.812. The van der Waals surface area contributed by atoms with E-state index in [0.717, 1.165) is 55.6 Å². The third-order valence-electron chi connectivity index (χ3n) is 4.40. The molecule has 1 atom stereocenters. The Morgan fingerprint density at radius 2 is 2.09 bits per heavy atom. The quantitative estimate of drug-likeness (QED) is 0.866. The van der Waals surface area contributed by atoms with E-state index in [4.69, 9.17) is 11.6 Å². The Labute approximate surface area is 138 Å². The maximum absolute atomic E-state index is 9.36. The lowest BCUT2D eigenvalue weighted by molar-refractivity contribution is 0.0476. The van der Waals surface area contributed by atoms with Crippen LogP contribution < -0.4 is 0 Å². The van der Waals surface area contributed by atoms with Gasteiger partial charge in [0.25, 0.3) is 0 Å². The molecule has 1 saturated heterocycles. The van der Waals surface area contributed by atoms with E-state index >= 15 is 0 Å². The van der Waals surface area contributed by atoms with Gasteiger partial charge in [0.1, 0.15) is 5.15 Å². The average molecular weight is 329 g/mol. The van der Waals surface area contributed by atoms with E-state index in [1.54, 1.807) is 4.68 Å². The molecule has 2 heterocycles. The van der Waals surface area contributed by atoms with Crippen molar-refractivity contribution in [3.05, 3.63) is 16.4 Å². The topological polar surface area (TPSA) is 44.5 Å². The van der Waals surface area contributed by atoms with Crippen LogP contribution in [0.2, 0.25) is 5.15 Å². The minimum atomic E-state index is 0.250. The van der Waals surface area contributed by atoms with E-state index in [-0.39, 0.29) is 6.61 Å². The molecule has 2 rings (SSSR count). The van der Waals surface area contributed by atoms with E-state index in [1.165, 1.54) is 0 Å². The van der Waals surface area contributed by atoms with Crippen molar-refractivity contribution in [2.75, 3.05) is 32.8 Å². The fourth-order valence-corrected chi connectivity index (χ4v) is 3.54. The summed E-state index contributed by atoms with van der Waals surface area (Å²) in [6.45, 7) is 11.8. The zero-order valence-corrected chi connectivity index (χ0v) is 15.0. The smallest absolute Gasteiger partial charge is 0.131 e. The van der Waals surface area contributed by atoms with Crippen molar-refractivity contribution in [2.24, 2.45) is 13.0 Å². The maximum atomic E-state index is 9.36.